The van der Waals surface area contributed by atoms with Crippen LogP contribution in [0.3, 0.4) is 0 Å². The number of aromatic nitrogens is 1. The van der Waals surface area contributed by atoms with Crippen LogP contribution in [0, 0.1) is 0 Å². The molecule has 0 unspecified atom stereocenters. The maximum absolute atomic E-state index is 12.4. The van der Waals surface area contributed by atoms with E-state index in [0.29, 0.717) is 18.9 Å². The second kappa shape index (κ2) is 8.72. The number of fused-ring (bicyclic) bond motifs is 1. The van der Waals surface area contributed by atoms with Crippen molar-refractivity contribution in [2.75, 3.05) is 19.4 Å². The minimum absolute atomic E-state index is 0.0823. The summed E-state index contributed by atoms with van der Waals surface area (Å²) >= 11 is 1.47. The summed E-state index contributed by atoms with van der Waals surface area (Å²) in [7, 11) is 1.83. The molecule has 0 saturated heterocycles. The van der Waals surface area contributed by atoms with Gasteiger partial charge in [0, 0.05) is 19.0 Å². The Morgan fingerprint density at radius 2 is 1.85 bits per heavy atom. The summed E-state index contributed by atoms with van der Waals surface area (Å²) in [4.78, 5) is 18.7. The molecule has 134 valence electrons. The number of carbonyl (C=O) groups excluding carboxylic acids is 1. The van der Waals surface area contributed by atoms with Crippen molar-refractivity contribution in [2.45, 2.75) is 18.5 Å². The Morgan fingerprint density at radius 1 is 1.08 bits per heavy atom. The first kappa shape index (κ1) is 18.3. The van der Waals surface area contributed by atoms with Gasteiger partial charge in [0.05, 0.1) is 22.9 Å². The van der Waals surface area contributed by atoms with Crippen LogP contribution >= 0.6 is 11.8 Å². The summed E-state index contributed by atoms with van der Waals surface area (Å²) in [5, 5.41) is 1.97. The molecule has 0 bridgehead atoms. The largest absolute Gasteiger partial charge is 0.494 e. The molecule has 5 heteroatoms. The molecular weight excluding hydrogens is 344 g/mol. The number of carbonyl (C=O) groups is 1. The highest BCUT2D eigenvalue weighted by atomic mass is 32.2. The zero-order valence-electron chi connectivity index (χ0n) is 15.0. The SMILES string of the molecule is CCOc1ccc(CN(C)C(=O)CSc2ccc3ccccc3n2)cc1. The van der Waals surface area contributed by atoms with Crippen LogP contribution in [0.25, 0.3) is 10.9 Å². The van der Waals surface area contributed by atoms with Gasteiger partial charge in [-0.15, -0.1) is 0 Å². The molecule has 1 aromatic heterocycles. The van der Waals surface area contributed by atoms with Crippen molar-refractivity contribution in [3.05, 3.63) is 66.2 Å². The van der Waals surface area contributed by atoms with E-state index in [1.807, 2.05) is 74.6 Å². The lowest BCUT2D eigenvalue weighted by molar-refractivity contribution is -0.127. The summed E-state index contributed by atoms with van der Waals surface area (Å²) in [6.45, 7) is 3.19. The van der Waals surface area contributed by atoms with Crippen molar-refractivity contribution in [2.24, 2.45) is 0 Å². The lowest BCUT2D eigenvalue weighted by atomic mass is 10.2. The molecular formula is C21H22N2O2S. The summed E-state index contributed by atoms with van der Waals surface area (Å²) in [6, 6.07) is 19.8. The summed E-state index contributed by atoms with van der Waals surface area (Å²) < 4.78 is 5.44. The van der Waals surface area contributed by atoms with Crippen LogP contribution in [0.4, 0.5) is 0 Å². The number of amides is 1. The van der Waals surface area contributed by atoms with E-state index in [2.05, 4.69) is 4.98 Å². The number of benzene rings is 2. The van der Waals surface area contributed by atoms with Gasteiger partial charge < -0.3 is 9.64 Å². The van der Waals surface area contributed by atoms with Crippen LogP contribution in [0.1, 0.15) is 12.5 Å². The van der Waals surface area contributed by atoms with Crippen LogP contribution in [0.5, 0.6) is 5.75 Å². The lowest BCUT2D eigenvalue weighted by Gasteiger charge is -2.17. The number of hydrogen-bond acceptors (Lipinski definition) is 4. The molecule has 0 atom stereocenters. The molecule has 26 heavy (non-hydrogen) atoms. The third kappa shape index (κ3) is 4.76. The van der Waals surface area contributed by atoms with E-state index >= 15 is 0 Å². The summed E-state index contributed by atoms with van der Waals surface area (Å²) in [6.07, 6.45) is 0. The van der Waals surface area contributed by atoms with E-state index in [-0.39, 0.29) is 5.91 Å². The second-order valence-electron chi connectivity index (χ2n) is 5.96. The molecule has 0 aliphatic rings. The van der Waals surface area contributed by atoms with Gasteiger partial charge in [-0.05, 0) is 36.8 Å². The smallest absolute Gasteiger partial charge is 0.233 e. The molecule has 0 saturated carbocycles. The van der Waals surface area contributed by atoms with Gasteiger partial charge in [0.2, 0.25) is 5.91 Å². The second-order valence-corrected chi connectivity index (χ2v) is 6.95. The molecule has 3 aromatic rings. The van der Waals surface area contributed by atoms with Gasteiger partial charge >= 0.3 is 0 Å². The first-order valence-electron chi connectivity index (χ1n) is 8.60. The minimum Gasteiger partial charge on any atom is -0.494 e. The van der Waals surface area contributed by atoms with E-state index in [4.69, 9.17) is 4.74 Å². The molecule has 0 fully saturated rings. The molecule has 1 heterocycles. The van der Waals surface area contributed by atoms with E-state index < -0.39 is 0 Å². The van der Waals surface area contributed by atoms with Gasteiger partial charge in [0.15, 0.2) is 0 Å². The van der Waals surface area contributed by atoms with Gasteiger partial charge in [-0.3, -0.25) is 4.79 Å². The molecule has 0 N–H and O–H groups in total. The average molecular weight is 366 g/mol. The number of hydrogen-bond donors (Lipinski definition) is 0. The molecule has 0 radical (unpaired) electrons. The average Bonchev–Trinajstić information content (AvgIpc) is 2.67. The summed E-state index contributed by atoms with van der Waals surface area (Å²) in [5.41, 5.74) is 2.03. The predicted molar refractivity (Wildman–Crippen MR) is 107 cm³/mol. The number of thioether (sulfide) groups is 1. The van der Waals surface area contributed by atoms with Gasteiger partial charge in [0.25, 0.3) is 0 Å². The Balaban J connectivity index is 1.54. The van der Waals surface area contributed by atoms with E-state index in [9.17, 15) is 4.79 Å². The van der Waals surface area contributed by atoms with E-state index in [1.165, 1.54) is 11.8 Å². The first-order chi connectivity index (χ1) is 12.7. The molecule has 0 aliphatic carbocycles. The number of nitrogens with zero attached hydrogens (tertiary/aromatic N) is 2. The molecule has 1 amide bonds. The number of para-hydroxylation sites is 1. The van der Waals surface area contributed by atoms with Crippen molar-refractivity contribution in [3.63, 3.8) is 0 Å². The third-order valence-electron chi connectivity index (χ3n) is 4.00. The van der Waals surface area contributed by atoms with Crippen LogP contribution in [0.2, 0.25) is 0 Å². The standard InChI is InChI=1S/C21H22N2O2S/c1-3-25-18-11-8-16(9-12-18)14-23(2)21(24)15-26-20-13-10-17-6-4-5-7-19(17)22-20/h4-13H,3,14-15H2,1-2H3. The van der Waals surface area contributed by atoms with Gasteiger partial charge in [-0.25, -0.2) is 4.98 Å². The topological polar surface area (TPSA) is 42.4 Å². The Kier molecular flexibility index (Phi) is 6.12. The van der Waals surface area contributed by atoms with Crippen molar-refractivity contribution < 1.29 is 9.53 Å². The summed E-state index contributed by atoms with van der Waals surface area (Å²) in [5.74, 6) is 1.31. The monoisotopic (exact) mass is 366 g/mol. The Hall–Kier alpha value is -2.53. The predicted octanol–water partition coefficient (Wildman–Crippen LogP) is 4.38. The first-order valence-corrected chi connectivity index (χ1v) is 9.58. The molecule has 2 aromatic carbocycles. The molecule has 3 rings (SSSR count). The number of rotatable bonds is 7. The zero-order valence-corrected chi connectivity index (χ0v) is 15.8. The highest BCUT2D eigenvalue weighted by Gasteiger charge is 2.11. The van der Waals surface area contributed by atoms with Crippen LogP contribution in [0.15, 0.2) is 65.7 Å². The lowest BCUT2D eigenvalue weighted by Crippen LogP contribution is -2.27. The normalized spacial score (nSPS) is 10.7. The zero-order chi connectivity index (χ0) is 18.4. The molecule has 4 nitrogen and oxygen atoms in total. The molecule has 0 aliphatic heterocycles. The fraction of sp³-hybridized carbons (Fsp3) is 0.238. The minimum atomic E-state index is 0.0823. The van der Waals surface area contributed by atoms with Crippen LogP contribution < -0.4 is 4.74 Å². The molecule has 0 spiro atoms. The third-order valence-corrected chi connectivity index (χ3v) is 4.91. The Morgan fingerprint density at radius 3 is 2.62 bits per heavy atom. The Labute approximate surface area is 158 Å². The van der Waals surface area contributed by atoms with Crippen molar-refractivity contribution >= 4 is 28.6 Å². The van der Waals surface area contributed by atoms with Gasteiger partial charge in [-0.2, -0.15) is 0 Å². The maximum atomic E-state index is 12.4. The van der Waals surface area contributed by atoms with Gasteiger partial charge in [-0.1, -0.05) is 48.2 Å². The number of pyridine rings is 1. The Bertz CT molecular complexity index is 881. The highest BCUT2D eigenvalue weighted by molar-refractivity contribution is 7.99. The van der Waals surface area contributed by atoms with Gasteiger partial charge in [0.1, 0.15) is 5.75 Å². The highest BCUT2D eigenvalue weighted by Crippen LogP contribution is 2.20. The van der Waals surface area contributed by atoms with E-state index in [0.717, 1.165) is 27.2 Å². The fourth-order valence-corrected chi connectivity index (χ4v) is 3.41. The van der Waals surface area contributed by atoms with Crippen molar-refractivity contribution in [3.8, 4) is 5.75 Å². The van der Waals surface area contributed by atoms with Crippen molar-refractivity contribution in [1.29, 1.82) is 0 Å². The quantitative estimate of drug-likeness (QED) is 0.582. The fourth-order valence-electron chi connectivity index (χ4n) is 2.59. The van der Waals surface area contributed by atoms with E-state index in [1.54, 1.807) is 4.90 Å². The number of ether oxygens (including phenoxy) is 1. The van der Waals surface area contributed by atoms with Crippen LogP contribution in [-0.2, 0) is 11.3 Å². The van der Waals surface area contributed by atoms with Crippen molar-refractivity contribution in [1.82, 2.24) is 9.88 Å². The maximum Gasteiger partial charge on any atom is 0.233 e. The van der Waals surface area contributed by atoms with Crippen LogP contribution in [-0.4, -0.2) is 35.2 Å².